The Morgan fingerprint density at radius 1 is 1.40 bits per heavy atom. The molecule has 1 aromatic rings. The third-order valence-corrected chi connectivity index (χ3v) is 4.71. The third kappa shape index (κ3) is 2.96. The monoisotopic (exact) mass is 274 g/mol. The van der Waals surface area contributed by atoms with Crippen molar-refractivity contribution in [1.29, 1.82) is 0 Å². The molecule has 0 N–H and O–H groups in total. The molecule has 110 valence electrons. The van der Waals surface area contributed by atoms with Gasteiger partial charge in [0.15, 0.2) is 0 Å². The van der Waals surface area contributed by atoms with Crippen LogP contribution in [0, 0.1) is 11.8 Å². The lowest BCUT2D eigenvalue weighted by atomic mass is 9.97. The molecule has 1 aliphatic carbocycles. The van der Waals surface area contributed by atoms with Crippen molar-refractivity contribution in [3.63, 3.8) is 0 Å². The van der Waals surface area contributed by atoms with Crippen LogP contribution in [0.4, 0.5) is 0 Å². The Labute approximate surface area is 122 Å². The van der Waals surface area contributed by atoms with Crippen LogP contribution in [0.3, 0.4) is 0 Å². The maximum atomic E-state index is 4.38. The number of nitrogens with zero attached hydrogens (tertiary/aromatic N) is 4. The average molecular weight is 274 g/mol. The quantitative estimate of drug-likeness (QED) is 0.740. The zero-order valence-corrected chi connectivity index (χ0v) is 12.7. The number of allylic oxidation sites excluding steroid dienone is 1. The Balaban J connectivity index is 1.61. The minimum Gasteiger partial charge on any atom is -0.305 e. The highest BCUT2D eigenvalue weighted by Crippen LogP contribution is 2.42. The van der Waals surface area contributed by atoms with Gasteiger partial charge in [0.25, 0.3) is 0 Å². The summed E-state index contributed by atoms with van der Waals surface area (Å²) in [5, 5.41) is 4.38. The minimum atomic E-state index is 0.728. The summed E-state index contributed by atoms with van der Waals surface area (Å²) in [6.45, 7) is 8.03. The van der Waals surface area contributed by atoms with Gasteiger partial charge in [-0.15, -0.1) is 6.58 Å². The van der Waals surface area contributed by atoms with Crippen molar-refractivity contribution >= 4 is 0 Å². The molecule has 0 amide bonds. The molecule has 1 saturated carbocycles. The van der Waals surface area contributed by atoms with E-state index in [9.17, 15) is 0 Å². The molecule has 0 radical (unpaired) electrons. The van der Waals surface area contributed by atoms with E-state index in [0.717, 1.165) is 31.0 Å². The fourth-order valence-corrected chi connectivity index (χ4v) is 3.54. The Hall–Kier alpha value is -1.13. The molecule has 0 bridgehead atoms. The predicted octanol–water partition coefficient (Wildman–Crippen LogP) is 1.84. The molecule has 0 spiro atoms. The van der Waals surface area contributed by atoms with E-state index in [0.29, 0.717) is 0 Å². The molecular weight excluding hydrogens is 248 g/mol. The number of hydrogen-bond acceptors (Lipinski definition) is 3. The van der Waals surface area contributed by atoms with Gasteiger partial charge in [-0.2, -0.15) is 5.10 Å². The highest BCUT2D eigenvalue weighted by molar-refractivity contribution is 5.06. The van der Waals surface area contributed by atoms with E-state index in [2.05, 4.69) is 41.8 Å². The normalized spacial score (nSPS) is 27.4. The molecule has 1 saturated heterocycles. The highest BCUT2D eigenvalue weighted by atomic mass is 15.3. The van der Waals surface area contributed by atoms with Gasteiger partial charge in [-0.05, 0) is 38.8 Å². The van der Waals surface area contributed by atoms with Crippen LogP contribution in [-0.4, -0.2) is 52.8 Å². The first-order chi connectivity index (χ1) is 9.67. The molecule has 4 nitrogen and oxygen atoms in total. The van der Waals surface area contributed by atoms with Crippen molar-refractivity contribution in [3.8, 4) is 0 Å². The number of hydrogen-bond donors (Lipinski definition) is 0. The molecule has 2 atom stereocenters. The highest BCUT2D eigenvalue weighted by Gasteiger charge is 2.43. The molecular formula is C16H26N4. The average Bonchev–Trinajstić information content (AvgIpc) is 3.02. The van der Waals surface area contributed by atoms with Crippen LogP contribution in [0.25, 0.3) is 0 Å². The van der Waals surface area contributed by atoms with Crippen molar-refractivity contribution in [3.05, 3.63) is 30.6 Å². The summed E-state index contributed by atoms with van der Waals surface area (Å²) in [6.07, 6.45) is 8.92. The van der Waals surface area contributed by atoms with Crippen LogP contribution in [-0.2, 0) is 13.1 Å². The molecule has 2 aliphatic rings. The maximum absolute atomic E-state index is 4.38. The van der Waals surface area contributed by atoms with Crippen LogP contribution in [0.2, 0.25) is 0 Å². The van der Waals surface area contributed by atoms with Gasteiger partial charge in [-0.3, -0.25) is 9.58 Å². The van der Waals surface area contributed by atoms with Crippen LogP contribution in [0.1, 0.15) is 18.4 Å². The van der Waals surface area contributed by atoms with Gasteiger partial charge in [0.1, 0.15) is 0 Å². The van der Waals surface area contributed by atoms with E-state index in [4.69, 9.17) is 0 Å². The second-order valence-corrected chi connectivity index (χ2v) is 6.59. The lowest BCUT2D eigenvalue weighted by Gasteiger charge is -2.24. The summed E-state index contributed by atoms with van der Waals surface area (Å²) >= 11 is 0. The largest absolute Gasteiger partial charge is 0.305 e. The smallest absolute Gasteiger partial charge is 0.0587 e. The third-order valence-electron chi connectivity index (χ3n) is 4.71. The Kier molecular flexibility index (Phi) is 3.94. The zero-order valence-electron chi connectivity index (χ0n) is 12.7. The van der Waals surface area contributed by atoms with Crippen LogP contribution >= 0.6 is 0 Å². The van der Waals surface area contributed by atoms with Crippen LogP contribution < -0.4 is 0 Å². The first-order valence-electron chi connectivity index (χ1n) is 7.68. The Bertz CT molecular complexity index is 451. The van der Waals surface area contributed by atoms with Gasteiger partial charge < -0.3 is 4.90 Å². The van der Waals surface area contributed by atoms with Gasteiger partial charge in [-0.1, -0.05) is 6.08 Å². The molecule has 4 heteroatoms. The standard InChI is InChI=1S/C16H26N4/c1-4-7-20-10-13(8-17-20)9-19-11-15(14-5-6-14)16(12-19)18(2)3/h4,8,10,14-16H,1,5-7,9,11-12H2,2-3H3/t15-,16+/m0/s1. The van der Waals surface area contributed by atoms with Crippen LogP contribution in [0.5, 0.6) is 0 Å². The predicted molar refractivity (Wildman–Crippen MR) is 81.4 cm³/mol. The van der Waals surface area contributed by atoms with Crippen molar-refractivity contribution in [2.75, 3.05) is 27.2 Å². The second kappa shape index (κ2) is 5.70. The van der Waals surface area contributed by atoms with Gasteiger partial charge in [0, 0.05) is 37.4 Å². The number of aromatic nitrogens is 2. The van der Waals surface area contributed by atoms with Crippen LogP contribution in [0.15, 0.2) is 25.0 Å². The molecule has 3 rings (SSSR count). The van der Waals surface area contributed by atoms with Gasteiger partial charge >= 0.3 is 0 Å². The molecule has 20 heavy (non-hydrogen) atoms. The van der Waals surface area contributed by atoms with E-state index in [1.165, 1.54) is 31.5 Å². The van der Waals surface area contributed by atoms with E-state index in [-0.39, 0.29) is 0 Å². The Morgan fingerprint density at radius 3 is 2.85 bits per heavy atom. The van der Waals surface area contributed by atoms with Gasteiger partial charge in [0.2, 0.25) is 0 Å². The maximum Gasteiger partial charge on any atom is 0.0587 e. The second-order valence-electron chi connectivity index (χ2n) is 6.59. The lowest BCUT2D eigenvalue weighted by molar-refractivity contribution is 0.233. The van der Waals surface area contributed by atoms with Crippen molar-refractivity contribution < 1.29 is 0 Å². The first-order valence-corrected chi connectivity index (χ1v) is 7.68. The summed E-state index contributed by atoms with van der Waals surface area (Å²) in [5.41, 5.74) is 1.32. The van der Waals surface area contributed by atoms with Gasteiger partial charge in [0.05, 0.1) is 12.7 Å². The topological polar surface area (TPSA) is 24.3 Å². The number of rotatable bonds is 6. The van der Waals surface area contributed by atoms with Crippen molar-refractivity contribution in [1.82, 2.24) is 19.6 Å². The summed E-state index contributed by atoms with van der Waals surface area (Å²) in [6, 6.07) is 0.728. The molecule has 0 aromatic carbocycles. The van der Waals surface area contributed by atoms with E-state index >= 15 is 0 Å². The SMILES string of the molecule is C=CCn1cc(CN2C[C@@H](N(C)C)[C@H](C3CC3)C2)cn1. The first kappa shape index (κ1) is 13.8. The van der Waals surface area contributed by atoms with E-state index in [1.54, 1.807) is 0 Å². The van der Waals surface area contributed by atoms with Gasteiger partial charge in [-0.25, -0.2) is 0 Å². The molecule has 2 heterocycles. The minimum absolute atomic E-state index is 0.728. The summed E-state index contributed by atoms with van der Waals surface area (Å²) in [4.78, 5) is 5.02. The van der Waals surface area contributed by atoms with Crippen molar-refractivity contribution in [2.45, 2.75) is 32.0 Å². The molecule has 1 aliphatic heterocycles. The fourth-order valence-electron chi connectivity index (χ4n) is 3.54. The Morgan fingerprint density at radius 2 is 2.20 bits per heavy atom. The van der Waals surface area contributed by atoms with E-state index < -0.39 is 0 Å². The molecule has 1 aromatic heterocycles. The number of likely N-dealkylation sites (N-methyl/N-ethyl adjacent to an activating group) is 1. The fraction of sp³-hybridized carbons (Fsp3) is 0.688. The molecule has 2 fully saturated rings. The summed E-state index contributed by atoms with van der Waals surface area (Å²) < 4.78 is 1.96. The zero-order chi connectivity index (χ0) is 14.1. The van der Waals surface area contributed by atoms with Crippen molar-refractivity contribution in [2.24, 2.45) is 11.8 Å². The summed E-state index contributed by atoms with van der Waals surface area (Å²) in [7, 11) is 4.46. The summed E-state index contributed by atoms with van der Waals surface area (Å²) in [5.74, 6) is 1.85. The lowest BCUT2D eigenvalue weighted by Crippen LogP contribution is -2.36. The van der Waals surface area contributed by atoms with E-state index in [1.807, 2.05) is 17.0 Å². The number of likely N-dealkylation sites (tertiary alicyclic amines) is 1. The molecule has 0 unspecified atom stereocenters.